The van der Waals surface area contributed by atoms with Gasteiger partial charge in [0.05, 0.1) is 34.1 Å². The summed E-state index contributed by atoms with van der Waals surface area (Å²) in [7, 11) is 0. The number of piperidine rings is 1. The number of carbonyl (C=O) groups is 1. The maximum Gasteiger partial charge on any atom is 0.316 e. The third-order valence-electron chi connectivity index (χ3n) is 6.63. The molecule has 10 heteroatoms. The monoisotopic (exact) mass is 556 g/mol. The summed E-state index contributed by atoms with van der Waals surface area (Å²) in [5.74, 6) is -0.736. The molecule has 0 aliphatic carbocycles. The molecule has 0 radical (unpaired) electrons. The van der Waals surface area contributed by atoms with Crippen molar-refractivity contribution < 1.29 is 14.3 Å². The van der Waals surface area contributed by atoms with E-state index in [2.05, 4.69) is 43.0 Å². The summed E-state index contributed by atoms with van der Waals surface area (Å²) < 4.78 is 12.5. The zero-order chi connectivity index (χ0) is 28.1. The summed E-state index contributed by atoms with van der Waals surface area (Å²) in [6.07, 6.45) is 6.63. The molecule has 1 unspecified atom stereocenters. The molecule has 206 valence electrons. The summed E-state index contributed by atoms with van der Waals surface area (Å²) in [4.78, 5) is 32.2. The molecule has 5 rings (SSSR count). The first-order valence-corrected chi connectivity index (χ1v) is 14.2. The molecular weight excluding hydrogens is 524 g/mol. The Morgan fingerprint density at radius 2 is 1.95 bits per heavy atom. The molecule has 1 atom stereocenters. The Hall–Kier alpha value is -3.94. The van der Waals surface area contributed by atoms with E-state index in [4.69, 9.17) is 9.47 Å². The maximum atomic E-state index is 12.4. The van der Waals surface area contributed by atoms with E-state index >= 15 is 0 Å². The van der Waals surface area contributed by atoms with E-state index in [1.165, 1.54) is 16.9 Å². The lowest BCUT2D eigenvalue weighted by molar-refractivity contribution is -0.161. The van der Waals surface area contributed by atoms with Crippen molar-refractivity contribution >= 4 is 27.5 Å². The number of likely N-dealkylation sites (tertiary alicyclic amines) is 1. The van der Waals surface area contributed by atoms with Crippen LogP contribution in [0.15, 0.2) is 55.0 Å². The number of rotatable bonds is 8. The molecule has 40 heavy (non-hydrogen) atoms. The standard InChI is InChI=1S/C30H32N6O3S/c1-30(2,3)39-28(37)22-9-13-36(14-10-22)18-20-5-4-6-21(15-20)19-38-29-33-12-7-24(35-29)23(16-31)27-34-25-17-32-11-8-26(25)40-27/h4-8,11-12,15,17,22-23H,9-10,13-14,18-19H2,1-3H3. The molecule has 0 N–H and O–H groups in total. The van der Waals surface area contributed by atoms with Gasteiger partial charge in [-0.2, -0.15) is 10.2 Å². The van der Waals surface area contributed by atoms with Crippen molar-refractivity contribution in [3.8, 4) is 12.1 Å². The van der Waals surface area contributed by atoms with Gasteiger partial charge in [-0.05, 0) is 70.0 Å². The highest BCUT2D eigenvalue weighted by molar-refractivity contribution is 7.18. The van der Waals surface area contributed by atoms with Gasteiger partial charge in [0.1, 0.15) is 23.1 Å². The van der Waals surface area contributed by atoms with Gasteiger partial charge in [0.2, 0.25) is 0 Å². The molecule has 4 aromatic rings. The van der Waals surface area contributed by atoms with Crippen LogP contribution in [0.1, 0.15) is 61.4 Å². The Morgan fingerprint density at radius 1 is 1.15 bits per heavy atom. The van der Waals surface area contributed by atoms with Crippen molar-refractivity contribution in [1.29, 1.82) is 5.26 Å². The molecule has 1 aliphatic heterocycles. The van der Waals surface area contributed by atoms with E-state index in [0.717, 1.165) is 48.3 Å². The third-order valence-corrected chi connectivity index (χ3v) is 7.73. The van der Waals surface area contributed by atoms with Gasteiger partial charge in [0, 0.05) is 18.9 Å². The Bertz CT molecular complexity index is 1480. The predicted molar refractivity (Wildman–Crippen MR) is 152 cm³/mol. The minimum absolute atomic E-state index is 0.0294. The van der Waals surface area contributed by atoms with Crippen LogP contribution < -0.4 is 4.74 Å². The van der Waals surface area contributed by atoms with Crippen LogP contribution in [0.4, 0.5) is 0 Å². The highest BCUT2D eigenvalue weighted by Gasteiger charge is 2.29. The molecule has 4 heterocycles. The number of ether oxygens (including phenoxy) is 2. The number of nitrogens with zero attached hydrogens (tertiary/aromatic N) is 6. The lowest BCUT2D eigenvalue weighted by atomic mass is 9.96. The Balaban J connectivity index is 1.17. The first-order chi connectivity index (χ1) is 19.3. The smallest absolute Gasteiger partial charge is 0.316 e. The molecule has 1 aromatic carbocycles. The molecule has 1 fully saturated rings. The fourth-order valence-electron chi connectivity index (χ4n) is 4.69. The van der Waals surface area contributed by atoms with Gasteiger partial charge in [-0.1, -0.05) is 24.3 Å². The number of nitriles is 1. The summed E-state index contributed by atoms with van der Waals surface area (Å²) in [5, 5.41) is 10.5. The van der Waals surface area contributed by atoms with Crippen LogP contribution in [0.25, 0.3) is 10.2 Å². The molecule has 0 spiro atoms. The van der Waals surface area contributed by atoms with Crippen molar-refractivity contribution in [3.63, 3.8) is 0 Å². The fraction of sp³-hybridized carbons (Fsp3) is 0.400. The average Bonchev–Trinajstić information content (AvgIpc) is 3.36. The topological polar surface area (TPSA) is 114 Å². The number of carbonyl (C=O) groups excluding carboxylic acids is 1. The Morgan fingerprint density at radius 3 is 2.70 bits per heavy atom. The number of pyridine rings is 1. The number of hydrogen-bond acceptors (Lipinski definition) is 10. The second-order valence-electron chi connectivity index (χ2n) is 10.9. The largest absolute Gasteiger partial charge is 0.460 e. The summed E-state index contributed by atoms with van der Waals surface area (Å²) in [6.45, 7) is 8.55. The van der Waals surface area contributed by atoms with E-state index in [9.17, 15) is 10.1 Å². The quantitative estimate of drug-likeness (QED) is 0.268. The maximum absolute atomic E-state index is 12.4. The van der Waals surface area contributed by atoms with E-state index in [1.54, 1.807) is 24.7 Å². The van der Waals surface area contributed by atoms with Crippen LogP contribution in [-0.2, 0) is 22.7 Å². The van der Waals surface area contributed by atoms with Crippen LogP contribution >= 0.6 is 11.3 Å². The summed E-state index contributed by atoms with van der Waals surface area (Å²) in [6, 6.07) is 14.4. The number of fused-ring (bicyclic) bond motifs is 1. The van der Waals surface area contributed by atoms with Gasteiger partial charge in [0.25, 0.3) is 0 Å². The van der Waals surface area contributed by atoms with Crippen molar-refractivity contribution in [2.75, 3.05) is 13.1 Å². The van der Waals surface area contributed by atoms with Gasteiger partial charge in [-0.25, -0.2) is 9.97 Å². The lowest BCUT2D eigenvalue weighted by Gasteiger charge is -2.32. The molecule has 1 saturated heterocycles. The van der Waals surface area contributed by atoms with Gasteiger partial charge < -0.3 is 9.47 Å². The van der Waals surface area contributed by atoms with Crippen LogP contribution in [0, 0.1) is 17.2 Å². The summed E-state index contributed by atoms with van der Waals surface area (Å²) in [5.41, 5.74) is 3.05. The second kappa shape index (κ2) is 12.1. The number of esters is 1. The number of hydrogen-bond donors (Lipinski definition) is 0. The van der Waals surface area contributed by atoms with Crippen LogP contribution in [0.3, 0.4) is 0 Å². The predicted octanol–water partition coefficient (Wildman–Crippen LogP) is 5.27. The number of benzene rings is 1. The minimum atomic E-state index is -0.620. The lowest BCUT2D eigenvalue weighted by Crippen LogP contribution is -2.38. The van der Waals surface area contributed by atoms with Crippen molar-refractivity contribution in [1.82, 2.24) is 24.8 Å². The fourth-order valence-corrected chi connectivity index (χ4v) is 5.68. The first-order valence-electron chi connectivity index (χ1n) is 13.4. The van der Waals surface area contributed by atoms with Crippen LogP contribution in [0.2, 0.25) is 0 Å². The van der Waals surface area contributed by atoms with E-state index in [-0.39, 0.29) is 17.9 Å². The number of aromatic nitrogens is 4. The summed E-state index contributed by atoms with van der Waals surface area (Å²) >= 11 is 1.46. The van der Waals surface area contributed by atoms with Crippen LogP contribution in [0.5, 0.6) is 6.01 Å². The van der Waals surface area contributed by atoms with Gasteiger partial charge >= 0.3 is 12.0 Å². The molecule has 0 saturated carbocycles. The zero-order valence-electron chi connectivity index (χ0n) is 22.9. The second-order valence-corrected chi connectivity index (χ2v) is 12.0. The van der Waals surface area contributed by atoms with Gasteiger partial charge in [0.15, 0.2) is 0 Å². The van der Waals surface area contributed by atoms with E-state index < -0.39 is 11.5 Å². The van der Waals surface area contributed by atoms with E-state index in [0.29, 0.717) is 17.3 Å². The van der Waals surface area contributed by atoms with Gasteiger partial charge in [-0.3, -0.25) is 14.7 Å². The zero-order valence-corrected chi connectivity index (χ0v) is 23.7. The Kier molecular flexibility index (Phi) is 8.33. The van der Waals surface area contributed by atoms with Crippen LogP contribution in [-0.4, -0.2) is 49.5 Å². The van der Waals surface area contributed by atoms with Gasteiger partial charge in [-0.15, -0.1) is 11.3 Å². The molecular formula is C30H32N6O3S. The van der Waals surface area contributed by atoms with Crippen molar-refractivity contribution in [2.45, 2.75) is 58.3 Å². The van der Waals surface area contributed by atoms with Crippen molar-refractivity contribution in [2.24, 2.45) is 5.92 Å². The molecule has 0 bridgehead atoms. The third kappa shape index (κ3) is 6.97. The SMILES string of the molecule is CC(C)(C)OC(=O)C1CCN(Cc2cccc(COc3nccc(C(C#N)c4nc5cnccc5s4)n3)c2)CC1. The minimum Gasteiger partial charge on any atom is -0.460 e. The van der Waals surface area contributed by atoms with Crippen molar-refractivity contribution in [3.05, 3.63) is 76.8 Å². The Labute approximate surface area is 237 Å². The highest BCUT2D eigenvalue weighted by atomic mass is 32.1. The normalized spacial score (nSPS) is 15.4. The molecule has 3 aromatic heterocycles. The molecule has 1 aliphatic rings. The first kappa shape index (κ1) is 27.6. The average molecular weight is 557 g/mol. The number of thiazole rings is 1. The van der Waals surface area contributed by atoms with E-state index in [1.807, 2.05) is 39.0 Å². The highest BCUT2D eigenvalue weighted by Crippen LogP contribution is 2.31. The molecule has 9 nitrogen and oxygen atoms in total. The molecule has 0 amide bonds.